The van der Waals surface area contributed by atoms with Gasteiger partial charge in [0.2, 0.25) is 11.8 Å². The topological polar surface area (TPSA) is 69.7 Å². The minimum Gasteiger partial charge on any atom is -0.340 e. The van der Waals surface area contributed by atoms with Gasteiger partial charge in [-0.3, -0.25) is 14.4 Å². The number of halogens is 2. The maximum absolute atomic E-state index is 13.9. The van der Waals surface area contributed by atoms with Crippen LogP contribution in [0, 0.1) is 23.5 Å². The lowest BCUT2D eigenvalue weighted by Gasteiger charge is -2.38. The van der Waals surface area contributed by atoms with Crippen LogP contribution in [0.5, 0.6) is 0 Å². The van der Waals surface area contributed by atoms with Gasteiger partial charge in [0.25, 0.3) is 5.91 Å². The lowest BCUT2D eigenvalue weighted by atomic mass is 10.0. The molecule has 1 aromatic carbocycles. The van der Waals surface area contributed by atoms with E-state index in [1.54, 1.807) is 18.7 Å². The lowest BCUT2D eigenvalue weighted by molar-refractivity contribution is -0.143. The van der Waals surface area contributed by atoms with Crippen LogP contribution >= 0.6 is 0 Å². The lowest BCUT2D eigenvalue weighted by Crippen LogP contribution is -2.57. The summed E-state index contributed by atoms with van der Waals surface area (Å²) >= 11 is 0. The van der Waals surface area contributed by atoms with Crippen LogP contribution < -0.4 is 5.32 Å². The molecule has 2 fully saturated rings. The number of nitrogens with zero attached hydrogens (tertiary/aromatic N) is 2. The molecule has 0 unspecified atom stereocenters. The molecule has 1 saturated heterocycles. The summed E-state index contributed by atoms with van der Waals surface area (Å²) in [6, 6.07) is 2.28. The molecule has 1 N–H and O–H groups in total. The molecule has 1 aliphatic heterocycles. The van der Waals surface area contributed by atoms with Gasteiger partial charge in [-0.2, -0.15) is 0 Å². The summed E-state index contributed by atoms with van der Waals surface area (Å²) < 4.78 is 27.8. The number of benzene rings is 1. The molecule has 0 aromatic heterocycles. The van der Waals surface area contributed by atoms with E-state index in [2.05, 4.69) is 5.32 Å². The van der Waals surface area contributed by atoms with E-state index in [0.717, 1.165) is 37.8 Å². The van der Waals surface area contributed by atoms with Gasteiger partial charge in [-0.25, -0.2) is 8.78 Å². The molecule has 3 rings (SSSR count). The molecule has 1 aliphatic carbocycles. The second kappa shape index (κ2) is 9.53. The van der Waals surface area contributed by atoms with E-state index < -0.39 is 29.1 Å². The van der Waals surface area contributed by atoms with E-state index in [9.17, 15) is 23.2 Å². The number of carbonyl (C=O) groups is 3. The molecule has 2 aliphatic rings. The van der Waals surface area contributed by atoms with Gasteiger partial charge in [0.1, 0.15) is 23.2 Å². The Morgan fingerprint density at radius 2 is 1.50 bits per heavy atom. The Kier molecular flexibility index (Phi) is 7.05. The predicted octanol–water partition coefficient (Wildman–Crippen LogP) is 2.58. The number of rotatable bonds is 5. The third-order valence-electron chi connectivity index (χ3n) is 6.02. The number of hydrogen-bond acceptors (Lipinski definition) is 3. The fraction of sp³-hybridized carbons (Fsp3) is 0.591. The van der Waals surface area contributed by atoms with Crippen molar-refractivity contribution in [2.45, 2.75) is 45.6 Å². The van der Waals surface area contributed by atoms with Crippen LogP contribution in [0.25, 0.3) is 0 Å². The number of carbonyl (C=O) groups excluding carboxylic acids is 3. The molecular weight excluding hydrogens is 392 g/mol. The Morgan fingerprint density at radius 3 is 2.03 bits per heavy atom. The summed E-state index contributed by atoms with van der Waals surface area (Å²) in [7, 11) is 0. The zero-order valence-corrected chi connectivity index (χ0v) is 17.5. The van der Waals surface area contributed by atoms with Crippen LogP contribution in [0.15, 0.2) is 18.2 Å². The Balaban J connectivity index is 1.62. The summed E-state index contributed by atoms with van der Waals surface area (Å²) in [6.07, 6.45) is 4.05. The second-order valence-corrected chi connectivity index (χ2v) is 8.42. The van der Waals surface area contributed by atoms with Crippen LogP contribution in [0.1, 0.15) is 49.9 Å². The first-order chi connectivity index (χ1) is 14.3. The maximum Gasteiger partial charge on any atom is 0.257 e. The van der Waals surface area contributed by atoms with E-state index in [0.29, 0.717) is 26.2 Å². The normalized spacial score (nSPS) is 18.6. The van der Waals surface area contributed by atoms with Crippen molar-refractivity contribution in [3.8, 4) is 0 Å². The van der Waals surface area contributed by atoms with E-state index in [-0.39, 0.29) is 23.7 Å². The fourth-order valence-electron chi connectivity index (χ4n) is 4.22. The van der Waals surface area contributed by atoms with Crippen LogP contribution in [-0.2, 0) is 9.59 Å². The summed E-state index contributed by atoms with van der Waals surface area (Å²) in [5.74, 6) is -3.19. The van der Waals surface area contributed by atoms with Gasteiger partial charge in [-0.1, -0.05) is 32.8 Å². The predicted molar refractivity (Wildman–Crippen MR) is 108 cm³/mol. The van der Waals surface area contributed by atoms with Gasteiger partial charge in [0.15, 0.2) is 0 Å². The van der Waals surface area contributed by atoms with Crippen molar-refractivity contribution in [1.82, 2.24) is 15.1 Å². The van der Waals surface area contributed by atoms with Crippen LogP contribution in [-0.4, -0.2) is 59.7 Å². The molecular formula is C22H29F2N3O3. The van der Waals surface area contributed by atoms with Crippen LogP contribution in [0.4, 0.5) is 8.78 Å². The molecule has 1 saturated carbocycles. The van der Waals surface area contributed by atoms with Gasteiger partial charge >= 0.3 is 0 Å². The zero-order valence-electron chi connectivity index (χ0n) is 17.5. The van der Waals surface area contributed by atoms with Crippen molar-refractivity contribution in [3.05, 3.63) is 35.4 Å². The molecule has 164 valence electrons. The average Bonchev–Trinajstić information content (AvgIpc) is 3.25. The molecule has 0 spiro atoms. The van der Waals surface area contributed by atoms with Crippen molar-refractivity contribution < 1.29 is 23.2 Å². The smallest absolute Gasteiger partial charge is 0.257 e. The molecule has 1 atom stereocenters. The SMILES string of the molecule is CC(C)[C@H](NC(=O)c1c(F)cccc1F)C(=O)N1CCN(C(=O)C2CCCC2)CC1. The first kappa shape index (κ1) is 22.2. The maximum atomic E-state index is 13.9. The van der Waals surface area contributed by atoms with Gasteiger partial charge < -0.3 is 15.1 Å². The molecule has 30 heavy (non-hydrogen) atoms. The van der Waals surface area contributed by atoms with E-state index >= 15 is 0 Å². The molecule has 0 bridgehead atoms. The standard InChI is InChI=1S/C22H29F2N3O3/c1-14(2)19(25-20(28)18-16(23)8-5-9-17(18)24)22(30)27-12-10-26(11-13-27)21(29)15-6-3-4-7-15/h5,8-9,14-15,19H,3-4,6-7,10-13H2,1-2H3,(H,25,28)/t19-/m0/s1. The summed E-state index contributed by atoms with van der Waals surface area (Å²) in [4.78, 5) is 41.5. The number of nitrogens with one attached hydrogen (secondary N) is 1. The Hall–Kier alpha value is -2.51. The zero-order chi connectivity index (χ0) is 21.8. The molecule has 1 heterocycles. The molecule has 8 heteroatoms. The first-order valence-corrected chi connectivity index (χ1v) is 10.6. The minimum atomic E-state index is -0.971. The number of amides is 3. The second-order valence-electron chi connectivity index (χ2n) is 8.42. The Labute approximate surface area is 175 Å². The van der Waals surface area contributed by atoms with E-state index in [4.69, 9.17) is 0 Å². The quantitative estimate of drug-likeness (QED) is 0.795. The highest BCUT2D eigenvalue weighted by Crippen LogP contribution is 2.27. The largest absolute Gasteiger partial charge is 0.340 e. The van der Waals surface area contributed by atoms with Crippen molar-refractivity contribution in [2.75, 3.05) is 26.2 Å². The highest BCUT2D eigenvalue weighted by Gasteiger charge is 2.34. The van der Waals surface area contributed by atoms with Crippen LogP contribution in [0.3, 0.4) is 0 Å². The molecule has 3 amide bonds. The average molecular weight is 421 g/mol. The minimum absolute atomic E-state index is 0.102. The van der Waals surface area contributed by atoms with Gasteiger partial charge in [-0.15, -0.1) is 0 Å². The van der Waals surface area contributed by atoms with Crippen molar-refractivity contribution >= 4 is 17.7 Å². The van der Waals surface area contributed by atoms with Gasteiger partial charge in [0, 0.05) is 32.1 Å². The first-order valence-electron chi connectivity index (χ1n) is 10.6. The fourth-order valence-corrected chi connectivity index (χ4v) is 4.22. The third-order valence-corrected chi connectivity index (χ3v) is 6.02. The third kappa shape index (κ3) is 4.79. The molecule has 6 nitrogen and oxygen atoms in total. The van der Waals surface area contributed by atoms with Crippen molar-refractivity contribution in [2.24, 2.45) is 11.8 Å². The molecule has 0 radical (unpaired) electrons. The van der Waals surface area contributed by atoms with Crippen molar-refractivity contribution in [3.63, 3.8) is 0 Å². The summed E-state index contributed by atoms with van der Waals surface area (Å²) in [5, 5.41) is 2.50. The van der Waals surface area contributed by atoms with E-state index in [1.807, 2.05) is 4.90 Å². The number of hydrogen-bond donors (Lipinski definition) is 1. The Bertz CT molecular complexity index is 781. The van der Waals surface area contributed by atoms with Gasteiger partial charge in [-0.05, 0) is 30.9 Å². The molecule has 1 aromatic rings. The van der Waals surface area contributed by atoms with Gasteiger partial charge in [0.05, 0.1) is 0 Å². The highest BCUT2D eigenvalue weighted by molar-refractivity contribution is 5.98. The summed E-state index contributed by atoms with van der Waals surface area (Å²) in [5.41, 5.74) is -0.692. The van der Waals surface area contributed by atoms with E-state index in [1.165, 1.54) is 6.07 Å². The number of piperazine rings is 1. The summed E-state index contributed by atoms with van der Waals surface area (Å²) in [6.45, 7) is 5.21. The van der Waals surface area contributed by atoms with Crippen LogP contribution in [0.2, 0.25) is 0 Å². The van der Waals surface area contributed by atoms with Crippen molar-refractivity contribution in [1.29, 1.82) is 0 Å². The monoisotopic (exact) mass is 421 g/mol. The Morgan fingerprint density at radius 1 is 0.967 bits per heavy atom. The highest BCUT2D eigenvalue weighted by atomic mass is 19.1.